The first-order chi connectivity index (χ1) is 16.5. The molecule has 1 aliphatic heterocycles. The highest BCUT2D eigenvalue weighted by Crippen LogP contribution is 2.31. The van der Waals surface area contributed by atoms with Crippen LogP contribution in [-0.4, -0.2) is 41.7 Å². The fraction of sp³-hybridized carbons (Fsp3) is 0.280. The molecule has 0 fully saturated rings. The van der Waals surface area contributed by atoms with E-state index in [0.29, 0.717) is 30.2 Å². The van der Waals surface area contributed by atoms with Crippen LogP contribution in [0.4, 0.5) is 5.69 Å². The summed E-state index contributed by atoms with van der Waals surface area (Å²) < 4.78 is 15.8. The van der Waals surface area contributed by atoms with Crippen molar-refractivity contribution in [2.24, 2.45) is 11.0 Å². The van der Waals surface area contributed by atoms with Gasteiger partial charge in [-0.05, 0) is 42.3 Å². The second-order valence-electron chi connectivity index (χ2n) is 7.83. The summed E-state index contributed by atoms with van der Waals surface area (Å²) in [6.07, 6.45) is 3.73. The second kappa shape index (κ2) is 10.2. The summed E-state index contributed by atoms with van der Waals surface area (Å²) in [5, 5.41) is 8.97. The molecule has 2 amide bonds. The van der Waals surface area contributed by atoms with E-state index in [1.54, 1.807) is 26.4 Å². The molecule has 0 radical (unpaired) electrons. The van der Waals surface area contributed by atoms with Crippen LogP contribution in [0.15, 0.2) is 64.6 Å². The highest BCUT2D eigenvalue weighted by atomic mass is 16.5. The average Bonchev–Trinajstić information content (AvgIpc) is 3.41. The number of anilines is 1. The van der Waals surface area contributed by atoms with E-state index in [4.69, 9.17) is 19.0 Å². The maximum Gasteiger partial charge on any atom is 0.293 e. The van der Waals surface area contributed by atoms with Crippen molar-refractivity contribution in [2.45, 2.75) is 26.3 Å². The van der Waals surface area contributed by atoms with Crippen molar-refractivity contribution in [2.75, 3.05) is 19.5 Å². The molecule has 0 bridgehead atoms. The minimum absolute atomic E-state index is 0.0236. The Hall–Kier alpha value is -4.14. The molecule has 0 spiro atoms. The topological polar surface area (TPSA) is 106 Å². The van der Waals surface area contributed by atoms with Gasteiger partial charge in [-0.25, -0.2) is 9.99 Å². The number of amides is 2. The van der Waals surface area contributed by atoms with Gasteiger partial charge in [0.15, 0.2) is 17.9 Å². The summed E-state index contributed by atoms with van der Waals surface area (Å²) in [5.74, 6) is 0.995. The largest absolute Gasteiger partial charge is 0.493 e. The summed E-state index contributed by atoms with van der Waals surface area (Å²) in [4.78, 5) is 28.7. The zero-order valence-electron chi connectivity index (χ0n) is 19.3. The van der Waals surface area contributed by atoms with E-state index in [0.717, 1.165) is 23.3 Å². The maximum absolute atomic E-state index is 12.8. The molecule has 2 heterocycles. The van der Waals surface area contributed by atoms with Gasteiger partial charge in [-0.1, -0.05) is 19.1 Å². The first-order valence-electron chi connectivity index (χ1n) is 10.9. The van der Waals surface area contributed by atoms with Gasteiger partial charge in [0.2, 0.25) is 11.7 Å². The van der Waals surface area contributed by atoms with E-state index in [2.05, 4.69) is 17.2 Å². The summed E-state index contributed by atoms with van der Waals surface area (Å²) >= 11 is 0. The average molecular weight is 463 g/mol. The second-order valence-corrected chi connectivity index (χ2v) is 7.83. The summed E-state index contributed by atoms with van der Waals surface area (Å²) in [5.41, 5.74) is 3.23. The number of hydrazone groups is 1. The number of carbonyl (C=O) groups excluding carboxylic acids is 2. The molecule has 0 saturated heterocycles. The Morgan fingerprint density at radius 3 is 2.56 bits per heavy atom. The van der Waals surface area contributed by atoms with Gasteiger partial charge < -0.3 is 19.2 Å². The van der Waals surface area contributed by atoms with Crippen LogP contribution < -0.4 is 14.8 Å². The lowest BCUT2D eigenvalue weighted by atomic mass is 9.89. The number of oxazole rings is 1. The number of hydrogen-bond acceptors (Lipinski definition) is 7. The Morgan fingerprint density at radius 2 is 1.91 bits per heavy atom. The Balaban J connectivity index is 1.53. The minimum atomic E-state index is -0.383. The number of ether oxygens (including phenoxy) is 2. The molecule has 1 atom stereocenters. The van der Waals surface area contributed by atoms with E-state index in [-0.39, 0.29) is 23.5 Å². The number of benzene rings is 2. The monoisotopic (exact) mass is 462 g/mol. The zero-order chi connectivity index (χ0) is 24.1. The SMILES string of the molecule is CCC1CC(=O)N(Cc2ccc(NC(=O)c3cnco3)cc2)N=C1c1ccc(OC)c(OC)c1. The molecular formula is C25H26N4O5. The molecule has 9 nitrogen and oxygen atoms in total. The summed E-state index contributed by atoms with van der Waals surface area (Å²) in [6.45, 7) is 2.37. The van der Waals surface area contributed by atoms with E-state index >= 15 is 0 Å². The van der Waals surface area contributed by atoms with E-state index < -0.39 is 0 Å². The minimum Gasteiger partial charge on any atom is -0.493 e. The van der Waals surface area contributed by atoms with Crippen molar-refractivity contribution in [3.63, 3.8) is 0 Å². The van der Waals surface area contributed by atoms with Gasteiger partial charge >= 0.3 is 0 Å². The first kappa shape index (κ1) is 23.0. The molecule has 9 heteroatoms. The quantitative estimate of drug-likeness (QED) is 0.540. The van der Waals surface area contributed by atoms with Crippen LogP contribution in [0.25, 0.3) is 0 Å². The van der Waals surface area contributed by atoms with Crippen molar-refractivity contribution >= 4 is 23.2 Å². The third kappa shape index (κ3) is 4.93. The van der Waals surface area contributed by atoms with E-state index in [9.17, 15) is 9.59 Å². The molecule has 2 aromatic carbocycles. The normalized spacial score (nSPS) is 15.6. The fourth-order valence-electron chi connectivity index (χ4n) is 3.82. The molecule has 1 unspecified atom stereocenters. The first-order valence-corrected chi connectivity index (χ1v) is 10.9. The van der Waals surface area contributed by atoms with Gasteiger partial charge in [0.1, 0.15) is 0 Å². The number of rotatable bonds is 8. The number of nitrogens with one attached hydrogen (secondary N) is 1. The van der Waals surface area contributed by atoms with Crippen LogP contribution in [0.1, 0.15) is 41.4 Å². The summed E-state index contributed by atoms with van der Waals surface area (Å²) in [7, 11) is 3.19. The molecule has 0 aliphatic carbocycles. The van der Waals surface area contributed by atoms with Gasteiger partial charge in [-0.15, -0.1) is 0 Å². The number of aromatic nitrogens is 1. The highest BCUT2D eigenvalue weighted by Gasteiger charge is 2.29. The van der Waals surface area contributed by atoms with Gasteiger partial charge in [-0.2, -0.15) is 5.10 Å². The Morgan fingerprint density at radius 1 is 1.15 bits per heavy atom. The van der Waals surface area contributed by atoms with Gasteiger partial charge in [-0.3, -0.25) is 9.59 Å². The standard InChI is InChI=1S/C25H26N4O5/c1-4-17-12-23(30)29(28-24(17)18-7-10-20(32-2)21(11-18)33-3)14-16-5-8-19(9-6-16)27-25(31)22-13-26-15-34-22/h5-11,13,15,17H,4,12,14H2,1-3H3,(H,27,31). The third-order valence-electron chi connectivity index (χ3n) is 5.70. The Labute approximate surface area is 197 Å². The summed E-state index contributed by atoms with van der Waals surface area (Å²) in [6, 6.07) is 12.9. The van der Waals surface area contributed by atoms with Crippen molar-refractivity contribution in [3.05, 3.63) is 71.9 Å². The lowest BCUT2D eigenvalue weighted by Gasteiger charge is -2.29. The lowest BCUT2D eigenvalue weighted by molar-refractivity contribution is -0.133. The molecule has 176 valence electrons. The lowest BCUT2D eigenvalue weighted by Crippen LogP contribution is -2.36. The van der Waals surface area contributed by atoms with Crippen LogP contribution in [0.2, 0.25) is 0 Å². The van der Waals surface area contributed by atoms with Crippen molar-refractivity contribution in [1.29, 1.82) is 0 Å². The number of carbonyl (C=O) groups is 2. The molecule has 1 aliphatic rings. The number of hydrogen-bond donors (Lipinski definition) is 1. The van der Waals surface area contributed by atoms with Crippen LogP contribution in [-0.2, 0) is 11.3 Å². The van der Waals surface area contributed by atoms with Crippen LogP contribution >= 0.6 is 0 Å². The number of methoxy groups -OCH3 is 2. The van der Waals surface area contributed by atoms with Crippen LogP contribution in [0, 0.1) is 5.92 Å². The molecular weight excluding hydrogens is 436 g/mol. The van der Waals surface area contributed by atoms with Crippen molar-refractivity contribution in [1.82, 2.24) is 9.99 Å². The van der Waals surface area contributed by atoms with Crippen LogP contribution in [0.5, 0.6) is 11.5 Å². The molecule has 34 heavy (non-hydrogen) atoms. The van der Waals surface area contributed by atoms with E-state index in [1.807, 2.05) is 30.3 Å². The molecule has 1 aromatic heterocycles. The molecule has 0 saturated carbocycles. The van der Waals surface area contributed by atoms with Crippen molar-refractivity contribution < 1.29 is 23.5 Å². The predicted molar refractivity (Wildman–Crippen MR) is 126 cm³/mol. The van der Waals surface area contributed by atoms with Crippen LogP contribution in [0.3, 0.4) is 0 Å². The zero-order valence-corrected chi connectivity index (χ0v) is 19.3. The van der Waals surface area contributed by atoms with Gasteiger partial charge in [0.25, 0.3) is 5.91 Å². The molecule has 1 N–H and O–H groups in total. The van der Waals surface area contributed by atoms with Gasteiger partial charge in [0.05, 0.1) is 32.7 Å². The highest BCUT2D eigenvalue weighted by molar-refractivity contribution is 6.06. The third-order valence-corrected chi connectivity index (χ3v) is 5.70. The van der Waals surface area contributed by atoms with E-state index in [1.165, 1.54) is 17.6 Å². The fourth-order valence-corrected chi connectivity index (χ4v) is 3.82. The van der Waals surface area contributed by atoms with Crippen molar-refractivity contribution in [3.8, 4) is 11.5 Å². The molecule has 3 aromatic rings. The predicted octanol–water partition coefficient (Wildman–Crippen LogP) is 4.11. The smallest absolute Gasteiger partial charge is 0.293 e. The Bertz CT molecular complexity index is 1190. The number of nitrogens with zero attached hydrogens (tertiary/aromatic N) is 3. The maximum atomic E-state index is 12.8. The molecule has 4 rings (SSSR count). The van der Waals surface area contributed by atoms with Gasteiger partial charge in [0, 0.05) is 23.6 Å². The Kier molecular flexibility index (Phi) is 6.91.